The van der Waals surface area contributed by atoms with Crippen LogP contribution < -0.4 is 0 Å². The lowest BCUT2D eigenvalue weighted by atomic mass is 10.3. The number of hydrogen-bond donors (Lipinski definition) is 1. The second-order valence-corrected chi connectivity index (χ2v) is 2.75. The van der Waals surface area contributed by atoms with Gasteiger partial charge in [0.15, 0.2) is 12.2 Å². The topological polar surface area (TPSA) is 54.7 Å². The molecule has 5 heteroatoms. The van der Waals surface area contributed by atoms with E-state index in [9.17, 15) is 0 Å². The van der Waals surface area contributed by atoms with Gasteiger partial charge >= 0.3 is 0 Å². The van der Waals surface area contributed by atoms with E-state index < -0.39 is 0 Å². The fraction of sp³-hybridized carbons (Fsp3) is 0.143. The zero-order chi connectivity index (χ0) is 8.55. The molecule has 0 aliphatic heterocycles. The summed E-state index contributed by atoms with van der Waals surface area (Å²) in [5.74, 6) is 0.573. The van der Waals surface area contributed by atoms with Gasteiger partial charge in [-0.05, 0) is 6.92 Å². The van der Waals surface area contributed by atoms with E-state index >= 15 is 0 Å². The van der Waals surface area contributed by atoms with Crippen LogP contribution in [0.4, 0.5) is 0 Å². The van der Waals surface area contributed by atoms with Crippen LogP contribution in [0.25, 0.3) is 11.5 Å². The van der Waals surface area contributed by atoms with Crippen molar-refractivity contribution in [1.82, 2.24) is 15.2 Å². The number of aromatic nitrogens is 3. The van der Waals surface area contributed by atoms with Crippen LogP contribution in [0.1, 0.15) is 5.69 Å². The molecule has 0 unspecified atom stereocenters. The third-order valence-electron chi connectivity index (χ3n) is 1.54. The van der Waals surface area contributed by atoms with Crippen molar-refractivity contribution in [2.75, 3.05) is 0 Å². The lowest BCUT2D eigenvalue weighted by Gasteiger charge is -1.87. The molecule has 2 heterocycles. The normalized spacial score (nSPS) is 10.5. The molecule has 12 heavy (non-hydrogen) atoms. The first-order valence-electron chi connectivity index (χ1n) is 3.38. The maximum atomic E-state index is 5.92. The van der Waals surface area contributed by atoms with Gasteiger partial charge in [0.1, 0.15) is 5.69 Å². The third-order valence-corrected chi connectivity index (χ3v) is 2.00. The van der Waals surface area contributed by atoms with Crippen molar-refractivity contribution in [3.05, 3.63) is 23.3 Å². The Bertz CT molecular complexity index is 379. The largest absolute Gasteiger partial charge is 0.442 e. The van der Waals surface area contributed by atoms with Crippen molar-refractivity contribution in [1.29, 1.82) is 0 Å². The summed E-state index contributed by atoms with van der Waals surface area (Å²) in [6.07, 6.45) is 2.91. The average Bonchev–Trinajstić information content (AvgIpc) is 2.64. The first-order chi connectivity index (χ1) is 5.79. The maximum Gasteiger partial charge on any atom is 0.181 e. The van der Waals surface area contributed by atoms with Crippen molar-refractivity contribution in [2.24, 2.45) is 0 Å². The molecule has 62 valence electrons. The SMILES string of the molecule is Cc1[nH]nc(-c2cnco2)c1Cl. The predicted octanol–water partition coefficient (Wildman–Crippen LogP) is 2.03. The van der Waals surface area contributed by atoms with Gasteiger partial charge in [-0.25, -0.2) is 4.98 Å². The van der Waals surface area contributed by atoms with Crippen LogP contribution in [-0.4, -0.2) is 15.2 Å². The summed E-state index contributed by atoms with van der Waals surface area (Å²) < 4.78 is 5.04. The minimum absolute atomic E-state index is 0.573. The van der Waals surface area contributed by atoms with Gasteiger partial charge < -0.3 is 4.42 Å². The first kappa shape index (κ1) is 7.36. The Hall–Kier alpha value is -1.29. The Balaban J connectivity index is 2.55. The van der Waals surface area contributed by atoms with Crippen LogP contribution in [0.2, 0.25) is 5.02 Å². The fourth-order valence-electron chi connectivity index (χ4n) is 0.912. The van der Waals surface area contributed by atoms with E-state index in [-0.39, 0.29) is 0 Å². The Morgan fingerprint density at radius 2 is 2.42 bits per heavy atom. The highest BCUT2D eigenvalue weighted by molar-refractivity contribution is 6.33. The van der Waals surface area contributed by atoms with E-state index in [2.05, 4.69) is 15.2 Å². The second kappa shape index (κ2) is 2.64. The summed E-state index contributed by atoms with van der Waals surface area (Å²) in [7, 11) is 0. The standard InChI is InChI=1S/C7H6ClN3O/c1-4-6(8)7(11-10-4)5-2-9-3-12-5/h2-3H,1H3,(H,10,11). The summed E-state index contributed by atoms with van der Waals surface area (Å²) in [6, 6.07) is 0. The summed E-state index contributed by atoms with van der Waals surface area (Å²) in [5, 5.41) is 7.30. The summed E-state index contributed by atoms with van der Waals surface area (Å²) in [6.45, 7) is 1.84. The van der Waals surface area contributed by atoms with Crippen LogP contribution in [-0.2, 0) is 0 Å². The van der Waals surface area contributed by atoms with E-state index in [0.717, 1.165) is 5.69 Å². The molecule has 0 aromatic carbocycles. The van der Waals surface area contributed by atoms with E-state index in [1.807, 2.05) is 6.92 Å². The van der Waals surface area contributed by atoms with Crippen LogP contribution in [0.15, 0.2) is 17.0 Å². The zero-order valence-corrected chi connectivity index (χ0v) is 7.09. The number of aryl methyl sites for hydroxylation is 1. The molecular weight excluding hydrogens is 178 g/mol. The molecular formula is C7H6ClN3O. The van der Waals surface area contributed by atoms with Crippen molar-refractivity contribution in [2.45, 2.75) is 6.92 Å². The minimum atomic E-state index is 0.573. The first-order valence-corrected chi connectivity index (χ1v) is 3.76. The number of oxazole rings is 1. The number of H-pyrrole nitrogens is 1. The van der Waals surface area contributed by atoms with Gasteiger partial charge in [0.2, 0.25) is 0 Å². The molecule has 0 amide bonds. The lowest BCUT2D eigenvalue weighted by Crippen LogP contribution is -1.73. The smallest absolute Gasteiger partial charge is 0.181 e. The third kappa shape index (κ3) is 1.00. The van der Waals surface area contributed by atoms with Gasteiger partial charge in [0, 0.05) is 0 Å². The number of hydrogen-bond acceptors (Lipinski definition) is 3. The average molecular weight is 184 g/mol. The van der Waals surface area contributed by atoms with Gasteiger partial charge in [-0.1, -0.05) is 11.6 Å². The molecule has 0 saturated carbocycles. The van der Waals surface area contributed by atoms with E-state index in [0.29, 0.717) is 16.5 Å². The highest BCUT2D eigenvalue weighted by atomic mass is 35.5. The minimum Gasteiger partial charge on any atom is -0.442 e. The predicted molar refractivity (Wildman–Crippen MR) is 43.8 cm³/mol. The fourth-order valence-corrected chi connectivity index (χ4v) is 1.09. The number of halogens is 1. The molecule has 0 saturated heterocycles. The maximum absolute atomic E-state index is 5.92. The number of nitrogens with one attached hydrogen (secondary N) is 1. The molecule has 0 aliphatic carbocycles. The number of rotatable bonds is 1. The molecule has 0 spiro atoms. The Labute approximate surface area is 73.6 Å². The van der Waals surface area contributed by atoms with Gasteiger partial charge in [0.05, 0.1) is 16.9 Å². The molecule has 2 rings (SSSR count). The molecule has 0 fully saturated rings. The Kier molecular flexibility index (Phi) is 1.62. The summed E-state index contributed by atoms with van der Waals surface area (Å²) in [4.78, 5) is 3.77. The van der Waals surface area contributed by atoms with Crippen molar-refractivity contribution in [3.63, 3.8) is 0 Å². The van der Waals surface area contributed by atoms with E-state index in [1.54, 1.807) is 6.20 Å². The Morgan fingerprint density at radius 3 is 2.92 bits per heavy atom. The highest BCUT2D eigenvalue weighted by Crippen LogP contribution is 2.26. The van der Waals surface area contributed by atoms with Crippen LogP contribution in [0.3, 0.4) is 0 Å². The van der Waals surface area contributed by atoms with Crippen LogP contribution in [0, 0.1) is 6.92 Å². The molecule has 2 aromatic heterocycles. The van der Waals surface area contributed by atoms with Crippen molar-refractivity contribution in [3.8, 4) is 11.5 Å². The van der Waals surface area contributed by atoms with Crippen molar-refractivity contribution >= 4 is 11.6 Å². The van der Waals surface area contributed by atoms with E-state index in [4.69, 9.17) is 16.0 Å². The molecule has 0 atom stereocenters. The number of nitrogens with zero attached hydrogens (tertiary/aromatic N) is 2. The molecule has 4 nitrogen and oxygen atoms in total. The van der Waals surface area contributed by atoms with Gasteiger partial charge in [0.25, 0.3) is 0 Å². The monoisotopic (exact) mass is 183 g/mol. The highest BCUT2D eigenvalue weighted by Gasteiger charge is 2.12. The molecule has 1 N–H and O–H groups in total. The van der Waals surface area contributed by atoms with Gasteiger partial charge in [-0.2, -0.15) is 5.10 Å². The molecule has 0 aliphatic rings. The summed E-state index contributed by atoms with van der Waals surface area (Å²) >= 11 is 5.92. The number of aromatic amines is 1. The van der Waals surface area contributed by atoms with Gasteiger partial charge in [-0.15, -0.1) is 0 Å². The molecule has 0 bridgehead atoms. The molecule has 0 radical (unpaired) electrons. The quantitative estimate of drug-likeness (QED) is 0.736. The Morgan fingerprint density at radius 1 is 1.58 bits per heavy atom. The summed E-state index contributed by atoms with van der Waals surface area (Å²) in [5.41, 5.74) is 1.43. The van der Waals surface area contributed by atoms with E-state index in [1.165, 1.54) is 6.39 Å². The van der Waals surface area contributed by atoms with Crippen LogP contribution in [0.5, 0.6) is 0 Å². The van der Waals surface area contributed by atoms with Crippen molar-refractivity contribution < 1.29 is 4.42 Å². The molecule has 2 aromatic rings. The second-order valence-electron chi connectivity index (χ2n) is 2.38. The zero-order valence-electron chi connectivity index (χ0n) is 6.34. The van der Waals surface area contributed by atoms with Gasteiger partial charge in [-0.3, -0.25) is 5.10 Å². The van der Waals surface area contributed by atoms with Crippen LogP contribution >= 0.6 is 11.6 Å². The lowest BCUT2D eigenvalue weighted by molar-refractivity contribution is 0.569.